The molecule has 1 saturated carbocycles. The van der Waals surface area contributed by atoms with Crippen molar-refractivity contribution in [2.24, 2.45) is 0 Å². The van der Waals surface area contributed by atoms with Crippen molar-refractivity contribution in [3.63, 3.8) is 0 Å². The van der Waals surface area contributed by atoms with E-state index in [0.717, 1.165) is 12.8 Å². The first kappa shape index (κ1) is 10.5. The van der Waals surface area contributed by atoms with Crippen LogP contribution >= 0.6 is 10.7 Å². The molecule has 0 aliphatic heterocycles. The number of hydrogen-bond acceptors (Lipinski definition) is 2. The molecule has 1 atom stereocenters. The standard InChI is InChI=1S/C8H15ClO2S/c1-11-8(7-12(9)10)5-3-2-4-6-8/h2-7H2,1H3. The van der Waals surface area contributed by atoms with Crippen LogP contribution in [0.4, 0.5) is 0 Å². The number of ether oxygens (including phenoxy) is 1. The van der Waals surface area contributed by atoms with Gasteiger partial charge in [-0.3, -0.25) is 0 Å². The highest BCUT2D eigenvalue weighted by molar-refractivity contribution is 8.08. The van der Waals surface area contributed by atoms with Crippen LogP contribution < -0.4 is 0 Å². The van der Waals surface area contributed by atoms with Crippen LogP contribution in [0.25, 0.3) is 0 Å². The summed E-state index contributed by atoms with van der Waals surface area (Å²) in [5, 5.41) is 0. The van der Waals surface area contributed by atoms with E-state index >= 15 is 0 Å². The van der Waals surface area contributed by atoms with E-state index in [1.165, 1.54) is 19.3 Å². The molecule has 1 unspecified atom stereocenters. The summed E-state index contributed by atoms with van der Waals surface area (Å²) in [6.45, 7) is 0. The minimum Gasteiger partial charge on any atom is -0.377 e. The number of methoxy groups -OCH3 is 1. The molecule has 1 aliphatic rings. The molecule has 0 amide bonds. The third-order valence-electron chi connectivity index (χ3n) is 2.57. The molecule has 0 spiro atoms. The van der Waals surface area contributed by atoms with Gasteiger partial charge in [0.2, 0.25) is 0 Å². The molecule has 0 aromatic rings. The normalized spacial score (nSPS) is 25.2. The topological polar surface area (TPSA) is 26.3 Å². The van der Waals surface area contributed by atoms with Crippen molar-refractivity contribution in [2.45, 2.75) is 37.7 Å². The van der Waals surface area contributed by atoms with Gasteiger partial charge in [-0.05, 0) is 23.5 Å². The van der Waals surface area contributed by atoms with Crippen LogP contribution in [0.3, 0.4) is 0 Å². The van der Waals surface area contributed by atoms with Gasteiger partial charge in [-0.25, -0.2) is 4.21 Å². The Morgan fingerprint density at radius 1 is 1.42 bits per heavy atom. The van der Waals surface area contributed by atoms with Gasteiger partial charge in [0.15, 0.2) is 0 Å². The van der Waals surface area contributed by atoms with Crippen LogP contribution in [0.2, 0.25) is 0 Å². The molecule has 0 radical (unpaired) electrons. The molecule has 2 nitrogen and oxygen atoms in total. The van der Waals surface area contributed by atoms with E-state index in [1.54, 1.807) is 7.11 Å². The second-order valence-electron chi connectivity index (χ2n) is 3.38. The Labute approximate surface area is 80.6 Å². The largest absolute Gasteiger partial charge is 0.377 e. The molecule has 0 N–H and O–H groups in total. The van der Waals surface area contributed by atoms with Gasteiger partial charge in [0.1, 0.15) is 10.0 Å². The molecule has 1 aliphatic carbocycles. The summed E-state index contributed by atoms with van der Waals surface area (Å²) < 4.78 is 16.3. The molecule has 0 saturated heterocycles. The maximum atomic E-state index is 10.9. The molecule has 0 bridgehead atoms. The van der Waals surface area contributed by atoms with Crippen LogP contribution in [-0.4, -0.2) is 22.7 Å². The van der Waals surface area contributed by atoms with Crippen molar-refractivity contribution in [3.05, 3.63) is 0 Å². The Bertz CT molecular complexity index is 166. The summed E-state index contributed by atoms with van der Waals surface area (Å²) in [7, 11) is 5.91. The smallest absolute Gasteiger partial charge is 0.117 e. The average molecular weight is 211 g/mol. The highest BCUT2D eigenvalue weighted by Gasteiger charge is 2.33. The van der Waals surface area contributed by atoms with Crippen molar-refractivity contribution in [1.29, 1.82) is 0 Å². The number of halogens is 1. The van der Waals surface area contributed by atoms with E-state index in [4.69, 9.17) is 15.4 Å². The van der Waals surface area contributed by atoms with Gasteiger partial charge >= 0.3 is 0 Å². The molecular weight excluding hydrogens is 196 g/mol. The maximum Gasteiger partial charge on any atom is 0.117 e. The third-order valence-corrected chi connectivity index (χ3v) is 3.65. The molecule has 4 heteroatoms. The van der Waals surface area contributed by atoms with Crippen LogP contribution in [0, 0.1) is 0 Å². The Morgan fingerprint density at radius 3 is 2.42 bits per heavy atom. The molecule has 0 aromatic carbocycles. The predicted octanol–water partition coefficient (Wildman–Crippen LogP) is 2.24. The van der Waals surface area contributed by atoms with E-state index in [-0.39, 0.29) is 5.60 Å². The summed E-state index contributed by atoms with van der Waals surface area (Å²) >= 11 is 0. The zero-order valence-electron chi connectivity index (χ0n) is 7.35. The highest BCUT2D eigenvalue weighted by atomic mass is 35.7. The molecule has 0 aromatic heterocycles. The fraction of sp³-hybridized carbons (Fsp3) is 1.00. The Kier molecular flexibility index (Phi) is 4.00. The lowest BCUT2D eigenvalue weighted by Crippen LogP contribution is -2.38. The van der Waals surface area contributed by atoms with Crippen molar-refractivity contribution in [3.8, 4) is 0 Å². The molecule has 12 heavy (non-hydrogen) atoms. The number of rotatable bonds is 3. The second-order valence-corrected chi connectivity index (χ2v) is 5.28. The summed E-state index contributed by atoms with van der Waals surface area (Å²) in [6, 6.07) is 0. The van der Waals surface area contributed by atoms with Gasteiger partial charge in [-0.15, -0.1) is 0 Å². The SMILES string of the molecule is COC1(CS(=O)Cl)CCCCC1. The van der Waals surface area contributed by atoms with Crippen LogP contribution in [0.5, 0.6) is 0 Å². The van der Waals surface area contributed by atoms with E-state index in [0.29, 0.717) is 5.75 Å². The third kappa shape index (κ3) is 2.71. The van der Waals surface area contributed by atoms with Gasteiger partial charge in [0, 0.05) is 7.11 Å². The average Bonchev–Trinajstić information content (AvgIpc) is 2.05. The quantitative estimate of drug-likeness (QED) is 0.668. The van der Waals surface area contributed by atoms with E-state index in [2.05, 4.69) is 0 Å². The molecule has 72 valence electrons. The molecule has 0 heterocycles. The van der Waals surface area contributed by atoms with Gasteiger partial charge in [0.25, 0.3) is 0 Å². The predicted molar refractivity (Wildman–Crippen MR) is 51.7 cm³/mol. The fourth-order valence-corrected chi connectivity index (χ4v) is 3.23. The number of hydrogen-bond donors (Lipinski definition) is 0. The first-order valence-corrected chi connectivity index (χ1v) is 6.43. The fourth-order valence-electron chi connectivity index (χ4n) is 1.81. The van der Waals surface area contributed by atoms with Crippen LogP contribution in [0.15, 0.2) is 0 Å². The minimum atomic E-state index is -1.26. The van der Waals surface area contributed by atoms with Crippen LogP contribution in [-0.2, 0) is 14.7 Å². The zero-order chi connectivity index (χ0) is 9.03. The summed E-state index contributed by atoms with van der Waals surface area (Å²) in [5.41, 5.74) is -0.190. The first-order valence-electron chi connectivity index (χ1n) is 4.28. The van der Waals surface area contributed by atoms with Crippen LogP contribution in [0.1, 0.15) is 32.1 Å². The lowest BCUT2D eigenvalue weighted by molar-refractivity contribution is -0.0194. The highest BCUT2D eigenvalue weighted by Crippen LogP contribution is 2.32. The van der Waals surface area contributed by atoms with Crippen molar-refractivity contribution < 1.29 is 8.95 Å². The zero-order valence-corrected chi connectivity index (χ0v) is 8.92. The van der Waals surface area contributed by atoms with Crippen molar-refractivity contribution >= 4 is 20.7 Å². The van der Waals surface area contributed by atoms with E-state index in [9.17, 15) is 4.21 Å². The minimum absolute atomic E-state index is 0.190. The van der Waals surface area contributed by atoms with E-state index in [1.807, 2.05) is 0 Å². The lowest BCUT2D eigenvalue weighted by Gasteiger charge is -2.34. The van der Waals surface area contributed by atoms with E-state index < -0.39 is 10.0 Å². The molecule has 1 rings (SSSR count). The van der Waals surface area contributed by atoms with Gasteiger partial charge in [-0.2, -0.15) is 0 Å². The molecular formula is C8H15ClO2S. The first-order chi connectivity index (χ1) is 5.68. The lowest BCUT2D eigenvalue weighted by atomic mass is 9.86. The summed E-state index contributed by atoms with van der Waals surface area (Å²) in [5.74, 6) is 0.477. The Morgan fingerprint density at radius 2 is 2.00 bits per heavy atom. The molecule has 1 fully saturated rings. The van der Waals surface area contributed by atoms with Gasteiger partial charge in [0.05, 0.1) is 11.4 Å². The van der Waals surface area contributed by atoms with Gasteiger partial charge < -0.3 is 4.74 Å². The second kappa shape index (κ2) is 4.58. The van der Waals surface area contributed by atoms with Gasteiger partial charge in [-0.1, -0.05) is 19.3 Å². The summed E-state index contributed by atoms with van der Waals surface area (Å²) in [4.78, 5) is 0. The maximum absolute atomic E-state index is 10.9. The Hall–Kier alpha value is 0.400. The Balaban J connectivity index is 2.53. The summed E-state index contributed by atoms with van der Waals surface area (Å²) in [6.07, 6.45) is 5.60. The van der Waals surface area contributed by atoms with Crippen molar-refractivity contribution in [1.82, 2.24) is 0 Å². The monoisotopic (exact) mass is 210 g/mol. The van der Waals surface area contributed by atoms with Crippen molar-refractivity contribution in [2.75, 3.05) is 12.9 Å².